The molecule has 17 heavy (non-hydrogen) atoms. The average Bonchev–Trinajstić information content (AvgIpc) is 2.62. The van der Waals surface area contributed by atoms with Gasteiger partial charge in [0, 0.05) is 28.0 Å². The SMILES string of the molecule is CC(NC(CN(C)C)C(C)C)c1sccc1Br. The second-order valence-corrected chi connectivity index (χ2v) is 6.94. The molecule has 2 atom stereocenters. The molecule has 0 aliphatic carbocycles. The van der Waals surface area contributed by atoms with Crippen LogP contribution >= 0.6 is 27.3 Å². The first-order valence-corrected chi connectivity index (χ1v) is 7.72. The summed E-state index contributed by atoms with van der Waals surface area (Å²) >= 11 is 5.41. The number of halogens is 1. The number of likely N-dealkylation sites (N-methyl/N-ethyl adjacent to an activating group) is 1. The number of hydrogen-bond acceptors (Lipinski definition) is 3. The summed E-state index contributed by atoms with van der Waals surface area (Å²) in [7, 11) is 4.26. The quantitative estimate of drug-likeness (QED) is 0.859. The van der Waals surface area contributed by atoms with Gasteiger partial charge < -0.3 is 10.2 Å². The third-order valence-corrected chi connectivity index (χ3v) is 4.92. The highest BCUT2D eigenvalue weighted by Crippen LogP contribution is 2.29. The molecule has 0 fully saturated rings. The topological polar surface area (TPSA) is 15.3 Å². The van der Waals surface area contributed by atoms with Gasteiger partial charge in [-0.2, -0.15) is 0 Å². The lowest BCUT2D eigenvalue weighted by molar-refractivity contribution is 0.274. The molecule has 1 N–H and O–H groups in total. The number of hydrogen-bond donors (Lipinski definition) is 1. The summed E-state index contributed by atoms with van der Waals surface area (Å²) in [6.45, 7) is 7.86. The molecule has 1 aromatic rings. The summed E-state index contributed by atoms with van der Waals surface area (Å²) in [4.78, 5) is 3.63. The molecule has 1 rings (SSSR count). The van der Waals surface area contributed by atoms with Gasteiger partial charge in [0.25, 0.3) is 0 Å². The van der Waals surface area contributed by atoms with E-state index in [0.29, 0.717) is 18.0 Å². The Morgan fingerprint density at radius 2 is 2.00 bits per heavy atom. The van der Waals surface area contributed by atoms with Crippen LogP contribution in [0.1, 0.15) is 31.7 Å². The minimum atomic E-state index is 0.400. The van der Waals surface area contributed by atoms with E-state index in [1.54, 1.807) is 0 Å². The Kier molecular flexibility index (Phi) is 6.13. The van der Waals surface area contributed by atoms with E-state index in [9.17, 15) is 0 Å². The summed E-state index contributed by atoms with van der Waals surface area (Å²) in [5.74, 6) is 0.638. The molecule has 0 saturated heterocycles. The Bertz CT molecular complexity index is 336. The van der Waals surface area contributed by atoms with E-state index in [1.807, 2.05) is 11.3 Å². The van der Waals surface area contributed by atoms with E-state index >= 15 is 0 Å². The van der Waals surface area contributed by atoms with E-state index in [-0.39, 0.29) is 0 Å². The Hall–Kier alpha value is 0.100. The van der Waals surface area contributed by atoms with Crippen LogP contribution in [-0.4, -0.2) is 31.6 Å². The van der Waals surface area contributed by atoms with Gasteiger partial charge in [-0.05, 0) is 54.3 Å². The average molecular weight is 319 g/mol. The van der Waals surface area contributed by atoms with Gasteiger partial charge in [0.2, 0.25) is 0 Å². The van der Waals surface area contributed by atoms with Gasteiger partial charge in [-0.3, -0.25) is 0 Å². The predicted molar refractivity (Wildman–Crippen MR) is 80.7 cm³/mol. The molecule has 2 unspecified atom stereocenters. The highest BCUT2D eigenvalue weighted by molar-refractivity contribution is 9.10. The first-order valence-electron chi connectivity index (χ1n) is 6.05. The zero-order chi connectivity index (χ0) is 13.0. The Labute approximate surface area is 118 Å². The zero-order valence-electron chi connectivity index (χ0n) is 11.3. The highest BCUT2D eigenvalue weighted by Gasteiger charge is 2.19. The third kappa shape index (κ3) is 4.70. The van der Waals surface area contributed by atoms with Crippen LogP contribution in [0.15, 0.2) is 15.9 Å². The van der Waals surface area contributed by atoms with Crippen LogP contribution in [0.4, 0.5) is 0 Å². The fourth-order valence-electron chi connectivity index (χ4n) is 1.86. The van der Waals surface area contributed by atoms with Crippen LogP contribution in [-0.2, 0) is 0 Å². The maximum Gasteiger partial charge on any atom is 0.0400 e. The minimum Gasteiger partial charge on any atom is -0.308 e. The van der Waals surface area contributed by atoms with Crippen molar-refractivity contribution in [1.29, 1.82) is 0 Å². The van der Waals surface area contributed by atoms with Gasteiger partial charge in [-0.25, -0.2) is 0 Å². The molecule has 0 aromatic carbocycles. The molecule has 2 nitrogen and oxygen atoms in total. The lowest BCUT2D eigenvalue weighted by Gasteiger charge is -2.28. The maximum atomic E-state index is 3.73. The third-order valence-electron chi connectivity index (χ3n) is 2.87. The molecule has 0 aliphatic heterocycles. The lowest BCUT2D eigenvalue weighted by atomic mass is 10.0. The molecule has 0 bridgehead atoms. The van der Waals surface area contributed by atoms with Gasteiger partial charge in [0.15, 0.2) is 0 Å². The number of rotatable bonds is 6. The first kappa shape index (κ1) is 15.2. The van der Waals surface area contributed by atoms with Crippen LogP contribution in [0.25, 0.3) is 0 Å². The minimum absolute atomic E-state index is 0.400. The Balaban J connectivity index is 2.64. The van der Waals surface area contributed by atoms with Crippen molar-refractivity contribution in [1.82, 2.24) is 10.2 Å². The van der Waals surface area contributed by atoms with Crippen molar-refractivity contribution in [3.63, 3.8) is 0 Å². The van der Waals surface area contributed by atoms with Crippen LogP contribution in [0.5, 0.6) is 0 Å². The summed E-state index contributed by atoms with van der Waals surface area (Å²) in [5.41, 5.74) is 0. The van der Waals surface area contributed by atoms with E-state index < -0.39 is 0 Å². The smallest absolute Gasteiger partial charge is 0.0400 e. The Morgan fingerprint density at radius 1 is 1.35 bits per heavy atom. The van der Waals surface area contributed by atoms with Crippen molar-refractivity contribution < 1.29 is 0 Å². The molecule has 4 heteroatoms. The molecular weight excluding hydrogens is 296 g/mol. The van der Waals surface area contributed by atoms with Crippen LogP contribution in [0.3, 0.4) is 0 Å². The van der Waals surface area contributed by atoms with Crippen molar-refractivity contribution in [3.05, 3.63) is 20.8 Å². The van der Waals surface area contributed by atoms with Gasteiger partial charge in [0.1, 0.15) is 0 Å². The molecule has 0 spiro atoms. The van der Waals surface area contributed by atoms with Gasteiger partial charge in [-0.15, -0.1) is 11.3 Å². The number of nitrogens with one attached hydrogen (secondary N) is 1. The van der Waals surface area contributed by atoms with Gasteiger partial charge >= 0.3 is 0 Å². The molecule has 1 heterocycles. The van der Waals surface area contributed by atoms with Crippen LogP contribution in [0, 0.1) is 5.92 Å². The zero-order valence-corrected chi connectivity index (χ0v) is 13.7. The normalized spacial score (nSPS) is 15.5. The molecule has 0 saturated carbocycles. The van der Waals surface area contributed by atoms with Gasteiger partial charge in [0.05, 0.1) is 0 Å². The number of nitrogens with zero attached hydrogens (tertiary/aromatic N) is 1. The fourth-order valence-corrected chi connectivity index (χ4v) is 3.59. The molecule has 1 aromatic heterocycles. The van der Waals surface area contributed by atoms with Crippen LogP contribution < -0.4 is 5.32 Å². The summed E-state index contributed by atoms with van der Waals surface area (Å²) in [5, 5.41) is 5.86. The molecular formula is C13H23BrN2S. The van der Waals surface area contributed by atoms with E-state index in [1.165, 1.54) is 9.35 Å². The second-order valence-electron chi connectivity index (χ2n) is 5.13. The Morgan fingerprint density at radius 3 is 2.41 bits per heavy atom. The van der Waals surface area contributed by atoms with Crippen LogP contribution in [0.2, 0.25) is 0 Å². The summed E-state index contributed by atoms with van der Waals surface area (Å²) in [6.07, 6.45) is 0. The summed E-state index contributed by atoms with van der Waals surface area (Å²) in [6, 6.07) is 3.04. The fraction of sp³-hybridized carbons (Fsp3) is 0.692. The maximum absolute atomic E-state index is 3.73. The van der Waals surface area contributed by atoms with Crippen molar-refractivity contribution >= 4 is 27.3 Å². The van der Waals surface area contributed by atoms with Gasteiger partial charge in [-0.1, -0.05) is 13.8 Å². The van der Waals surface area contributed by atoms with Crippen molar-refractivity contribution in [3.8, 4) is 0 Å². The largest absolute Gasteiger partial charge is 0.308 e. The summed E-state index contributed by atoms with van der Waals surface area (Å²) < 4.78 is 1.22. The molecule has 98 valence electrons. The predicted octanol–water partition coefficient (Wildman–Crippen LogP) is 3.75. The highest BCUT2D eigenvalue weighted by atomic mass is 79.9. The molecule has 0 radical (unpaired) electrons. The van der Waals surface area contributed by atoms with Crippen molar-refractivity contribution in [2.24, 2.45) is 5.92 Å². The van der Waals surface area contributed by atoms with Crippen molar-refractivity contribution in [2.45, 2.75) is 32.9 Å². The standard InChI is InChI=1S/C13H23BrN2S/c1-9(2)12(8-16(4)5)15-10(3)13-11(14)6-7-17-13/h6-7,9-10,12,15H,8H2,1-5H3. The van der Waals surface area contributed by atoms with E-state index in [0.717, 1.165) is 6.54 Å². The van der Waals surface area contributed by atoms with Crippen molar-refractivity contribution in [2.75, 3.05) is 20.6 Å². The first-order chi connectivity index (χ1) is 7.91. The van der Waals surface area contributed by atoms with E-state index in [4.69, 9.17) is 0 Å². The molecule has 0 aliphatic rings. The lowest BCUT2D eigenvalue weighted by Crippen LogP contribution is -2.43. The van der Waals surface area contributed by atoms with E-state index in [2.05, 4.69) is 72.5 Å². The molecule has 0 amide bonds. The monoisotopic (exact) mass is 318 g/mol. The second kappa shape index (κ2) is 6.88. The number of thiophene rings is 1.